The molecule has 0 amide bonds. The highest BCUT2D eigenvalue weighted by Crippen LogP contribution is 2.29. The fourth-order valence-electron chi connectivity index (χ4n) is 1.67. The lowest BCUT2D eigenvalue weighted by Gasteiger charge is -2.19. The smallest absolute Gasteiger partial charge is 0.333 e. The Bertz CT molecular complexity index is 618. The van der Waals surface area contributed by atoms with E-state index in [0.29, 0.717) is 21.6 Å². The molecule has 0 spiro atoms. The molecular formula is C13H15ClF2N4O. The summed E-state index contributed by atoms with van der Waals surface area (Å²) >= 11 is 5.84. The molecule has 0 aliphatic heterocycles. The fourth-order valence-corrected chi connectivity index (χ4v) is 1.83. The molecule has 0 bridgehead atoms. The van der Waals surface area contributed by atoms with E-state index in [1.807, 2.05) is 13.8 Å². The number of nitrogens with one attached hydrogen (secondary N) is 1. The van der Waals surface area contributed by atoms with E-state index >= 15 is 0 Å². The van der Waals surface area contributed by atoms with Crippen molar-refractivity contribution in [3.8, 4) is 11.3 Å². The summed E-state index contributed by atoms with van der Waals surface area (Å²) < 4.78 is 25.7. The molecule has 0 aliphatic carbocycles. The lowest BCUT2D eigenvalue weighted by molar-refractivity contribution is 0.0568. The van der Waals surface area contributed by atoms with E-state index in [4.69, 9.17) is 11.6 Å². The first-order chi connectivity index (χ1) is 9.88. The van der Waals surface area contributed by atoms with Crippen LogP contribution in [0.5, 0.6) is 0 Å². The van der Waals surface area contributed by atoms with Crippen LogP contribution in [0.4, 0.5) is 14.5 Å². The summed E-state index contributed by atoms with van der Waals surface area (Å²) in [5.74, 6) is -0.0385. The average molecular weight is 317 g/mol. The third-order valence-electron chi connectivity index (χ3n) is 2.89. The molecule has 1 unspecified atom stereocenters. The number of alkyl halides is 2. The summed E-state index contributed by atoms with van der Waals surface area (Å²) in [7, 11) is 0. The maximum atomic E-state index is 12.6. The number of aromatic nitrogens is 3. The molecule has 2 N–H and O–H groups in total. The zero-order chi connectivity index (χ0) is 15.6. The van der Waals surface area contributed by atoms with E-state index in [0.717, 1.165) is 0 Å². The maximum Gasteiger partial charge on any atom is 0.333 e. The van der Waals surface area contributed by atoms with Gasteiger partial charge in [-0.15, -0.1) is 0 Å². The van der Waals surface area contributed by atoms with E-state index < -0.39 is 12.8 Å². The normalized spacial score (nSPS) is 13.0. The Morgan fingerprint density at radius 3 is 2.67 bits per heavy atom. The van der Waals surface area contributed by atoms with Crippen LogP contribution in [0, 0.1) is 5.92 Å². The Labute approximate surface area is 125 Å². The van der Waals surface area contributed by atoms with Crippen LogP contribution in [-0.4, -0.2) is 26.1 Å². The summed E-state index contributed by atoms with van der Waals surface area (Å²) in [5.41, 5.74) is 1.28. The minimum absolute atomic E-state index is 0.0385. The SMILES string of the molecule is CC(C)C(O)Nc1cc(Cl)ncc1-c1ccn(C(F)F)n1. The quantitative estimate of drug-likeness (QED) is 0.655. The Morgan fingerprint density at radius 1 is 1.38 bits per heavy atom. The first-order valence-electron chi connectivity index (χ1n) is 6.32. The molecule has 0 aromatic carbocycles. The summed E-state index contributed by atoms with van der Waals surface area (Å²) in [6.45, 7) is 0.966. The van der Waals surface area contributed by atoms with Crippen LogP contribution >= 0.6 is 11.6 Å². The Morgan fingerprint density at radius 2 is 2.10 bits per heavy atom. The zero-order valence-corrected chi connectivity index (χ0v) is 12.2. The summed E-state index contributed by atoms with van der Waals surface area (Å²) in [6.07, 6.45) is 1.80. The molecule has 1 atom stereocenters. The average Bonchev–Trinajstić information content (AvgIpc) is 2.88. The molecule has 0 radical (unpaired) electrons. The number of pyridine rings is 1. The minimum Gasteiger partial charge on any atom is -0.374 e. The topological polar surface area (TPSA) is 63.0 Å². The van der Waals surface area contributed by atoms with Crippen LogP contribution in [0.15, 0.2) is 24.5 Å². The largest absolute Gasteiger partial charge is 0.374 e. The van der Waals surface area contributed by atoms with E-state index in [2.05, 4.69) is 15.4 Å². The summed E-state index contributed by atoms with van der Waals surface area (Å²) in [4.78, 5) is 3.93. The van der Waals surface area contributed by atoms with Gasteiger partial charge in [0.2, 0.25) is 0 Å². The number of rotatable bonds is 5. The van der Waals surface area contributed by atoms with Gasteiger partial charge in [-0.05, 0) is 18.1 Å². The molecule has 2 aromatic rings. The van der Waals surface area contributed by atoms with Gasteiger partial charge in [-0.2, -0.15) is 13.9 Å². The first-order valence-corrected chi connectivity index (χ1v) is 6.70. The van der Waals surface area contributed by atoms with Crippen molar-refractivity contribution in [3.63, 3.8) is 0 Å². The standard InChI is InChI=1S/C13H15ClF2N4O/c1-7(2)12(21)18-10-5-11(14)17-6-8(10)9-3-4-20(19-9)13(15)16/h3-7,12-13,21H,1-2H3,(H,17,18). The van der Waals surface area contributed by atoms with Gasteiger partial charge in [0.1, 0.15) is 11.4 Å². The second kappa shape index (κ2) is 6.36. The number of hydrogen-bond acceptors (Lipinski definition) is 4. The fraction of sp³-hybridized carbons (Fsp3) is 0.385. The second-order valence-electron chi connectivity index (χ2n) is 4.84. The number of halogens is 3. The van der Waals surface area contributed by atoms with Crippen molar-refractivity contribution in [1.82, 2.24) is 14.8 Å². The molecular weight excluding hydrogens is 302 g/mol. The summed E-state index contributed by atoms with van der Waals surface area (Å²) in [6, 6.07) is 2.97. The van der Waals surface area contributed by atoms with Crippen LogP contribution in [0.1, 0.15) is 20.4 Å². The van der Waals surface area contributed by atoms with Crippen molar-refractivity contribution >= 4 is 17.3 Å². The highest BCUT2D eigenvalue weighted by molar-refractivity contribution is 6.29. The van der Waals surface area contributed by atoms with Gasteiger partial charge >= 0.3 is 6.55 Å². The van der Waals surface area contributed by atoms with Crippen molar-refractivity contribution in [2.45, 2.75) is 26.6 Å². The van der Waals surface area contributed by atoms with Gasteiger partial charge in [-0.3, -0.25) is 0 Å². The van der Waals surface area contributed by atoms with Crippen LogP contribution in [-0.2, 0) is 0 Å². The monoisotopic (exact) mass is 316 g/mol. The van der Waals surface area contributed by atoms with Crippen LogP contribution in [0.3, 0.4) is 0 Å². The number of anilines is 1. The van der Waals surface area contributed by atoms with Gasteiger partial charge in [-0.1, -0.05) is 25.4 Å². The highest BCUT2D eigenvalue weighted by atomic mass is 35.5. The molecule has 114 valence electrons. The summed E-state index contributed by atoms with van der Waals surface area (Å²) in [5, 5.41) is 16.8. The van der Waals surface area contributed by atoms with Crippen molar-refractivity contribution in [1.29, 1.82) is 0 Å². The zero-order valence-electron chi connectivity index (χ0n) is 11.5. The van der Waals surface area contributed by atoms with Gasteiger partial charge in [0.25, 0.3) is 0 Å². The van der Waals surface area contributed by atoms with Crippen molar-refractivity contribution in [3.05, 3.63) is 29.7 Å². The molecule has 2 aromatic heterocycles. The molecule has 8 heteroatoms. The van der Waals surface area contributed by atoms with Gasteiger partial charge in [-0.25, -0.2) is 9.67 Å². The van der Waals surface area contributed by atoms with E-state index in [1.54, 1.807) is 0 Å². The number of hydrogen-bond donors (Lipinski definition) is 2. The maximum absolute atomic E-state index is 12.6. The Balaban J connectivity index is 2.38. The van der Waals surface area contributed by atoms with E-state index in [-0.39, 0.29) is 11.1 Å². The first kappa shape index (κ1) is 15.7. The third kappa shape index (κ3) is 3.68. The van der Waals surface area contributed by atoms with E-state index in [1.165, 1.54) is 24.5 Å². The Kier molecular flexibility index (Phi) is 4.74. The lowest BCUT2D eigenvalue weighted by Crippen LogP contribution is -2.25. The van der Waals surface area contributed by atoms with Gasteiger partial charge in [0.05, 0.1) is 11.4 Å². The molecule has 21 heavy (non-hydrogen) atoms. The third-order valence-corrected chi connectivity index (χ3v) is 3.10. The molecule has 0 fully saturated rings. The van der Waals surface area contributed by atoms with E-state index in [9.17, 15) is 13.9 Å². The highest BCUT2D eigenvalue weighted by Gasteiger charge is 2.16. The number of aliphatic hydroxyl groups excluding tert-OH is 1. The van der Waals surface area contributed by atoms with Gasteiger partial charge in [0.15, 0.2) is 0 Å². The van der Waals surface area contributed by atoms with Crippen molar-refractivity contribution < 1.29 is 13.9 Å². The Hall–Kier alpha value is -1.73. The van der Waals surface area contributed by atoms with Gasteiger partial charge < -0.3 is 10.4 Å². The van der Waals surface area contributed by atoms with Gasteiger partial charge in [0, 0.05) is 18.0 Å². The molecule has 0 saturated heterocycles. The molecule has 2 rings (SSSR count). The number of nitrogens with zero attached hydrogens (tertiary/aromatic N) is 3. The molecule has 0 aliphatic rings. The van der Waals surface area contributed by atoms with Crippen LogP contribution in [0.2, 0.25) is 5.15 Å². The lowest BCUT2D eigenvalue weighted by atomic mass is 10.1. The van der Waals surface area contributed by atoms with Crippen molar-refractivity contribution in [2.75, 3.05) is 5.32 Å². The predicted molar refractivity (Wildman–Crippen MR) is 76.2 cm³/mol. The molecule has 0 saturated carbocycles. The minimum atomic E-state index is -2.71. The molecule has 5 nitrogen and oxygen atoms in total. The second-order valence-corrected chi connectivity index (χ2v) is 5.23. The molecule has 2 heterocycles. The van der Waals surface area contributed by atoms with Crippen LogP contribution < -0.4 is 5.32 Å². The number of aliphatic hydroxyl groups is 1. The predicted octanol–water partition coefficient (Wildman–Crippen LogP) is 3.38. The van der Waals surface area contributed by atoms with Crippen molar-refractivity contribution in [2.24, 2.45) is 5.92 Å². The van der Waals surface area contributed by atoms with Crippen LogP contribution in [0.25, 0.3) is 11.3 Å².